The number of pyridine rings is 1. The number of hydrogen-bond donors (Lipinski definition) is 1. The van der Waals surface area contributed by atoms with Crippen LogP contribution >= 0.6 is 0 Å². The minimum absolute atomic E-state index is 0.0280. The molecule has 0 fully saturated rings. The molecular formula is C14H19N3O2. The van der Waals surface area contributed by atoms with Crippen molar-refractivity contribution in [3.63, 3.8) is 0 Å². The summed E-state index contributed by atoms with van der Waals surface area (Å²) in [6.07, 6.45) is 5.08. The molecule has 0 spiro atoms. The van der Waals surface area contributed by atoms with E-state index in [9.17, 15) is 4.79 Å². The number of nitrogens with zero attached hydrogens (tertiary/aromatic N) is 2. The largest absolute Gasteiger partial charge is 0.384 e. The summed E-state index contributed by atoms with van der Waals surface area (Å²) in [4.78, 5) is 15.8. The number of fused-ring (bicyclic) bond motifs is 1. The third-order valence-corrected chi connectivity index (χ3v) is 3.07. The maximum Gasteiger partial charge on any atom is 0.222 e. The minimum atomic E-state index is 0.0280. The van der Waals surface area contributed by atoms with Crippen LogP contribution in [0.15, 0.2) is 24.5 Å². The van der Waals surface area contributed by atoms with Crippen molar-refractivity contribution in [1.82, 2.24) is 14.9 Å². The molecule has 0 aliphatic heterocycles. The summed E-state index contributed by atoms with van der Waals surface area (Å²) < 4.78 is 6.88. The van der Waals surface area contributed by atoms with Gasteiger partial charge in [-0.3, -0.25) is 4.79 Å². The van der Waals surface area contributed by atoms with Crippen molar-refractivity contribution >= 4 is 16.9 Å². The predicted molar refractivity (Wildman–Crippen MR) is 73.9 cm³/mol. The van der Waals surface area contributed by atoms with E-state index in [-0.39, 0.29) is 5.91 Å². The molecular weight excluding hydrogens is 242 g/mol. The van der Waals surface area contributed by atoms with E-state index >= 15 is 0 Å². The zero-order chi connectivity index (χ0) is 13.7. The molecule has 0 aromatic carbocycles. The zero-order valence-corrected chi connectivity index (χ0v) is 11.3. The summed E-state index contributed by atoms with van der Waals surface area (Å²) in [7, 11) is 3.58. The van der Waals surface area contributed by atoms with Crippen molar-refractivity contribution in [2.75, 3.05) is 20.3 Å². The van der Waals surface area contributed by atoms with Crippen molar-refractivity contribution in [1.29, 1.82) is 0 Å². The molecule has 19 heavy (non-hydrogen) atoms. The van der Waals surface area contributed by atoms with Crippen LogP contribution in [-0.4, -0.2) is 35.7 Å². The van der Waals surface area contributed by atoms with Gasteiger partial charge in [-0.25, -0.2) is 4.98 Å². The van der Waals surface area contributed by atoms with E-state index in [2.05, 4.69) is 22.6 Å². The number of amides is 1. The standard InChI is InChI=1S/C14H19N3O2/c1-17-10-11(12-4-3-7-16-14(12)17)5-8-15-13(18)6-9-19-2/h3-4,7,10H,5-6,8-9H2,1-2H3,(H,15,18). The average Bonchev–Trinajstić information content (AvgIpc) is 2.74. The van der Waals surface area contributed by atoms with E-state index in [1.807, 2.05) is 17.7 Å². The first-order valence-electron chi connectivity index (χ1n) is 6.37. The van der Waals surface area contributed by atoms with Gasteiger partial charge < -0.3 is 14.6 Å². The normalized spacial score (nSPS) is 10.8. The van der Waals surface area contributed by atoms with Gasteiger partial charge in [-0.05, 0) is 24.1 Å². The van der Waals surface area contributed by atoms with Crippen molar-refractivity contribution in [2.45, 2.75) is 12.8 Å². The lowest BCUT2D eigenvalue weighted by Gasteiger charge is -2.04. The van der Waals surface area contributed by atoms with Gasteiger partial charge >= 0.3 is 0 Å². The van der Waals surface area contributed by atoms with Gasteiger partial charge in [0.05, 0.1) is 6.61 Å². The fourth-order valence-corrected chi connectivity index (χ4v) is 2.11. The Bertz CT molecular complexity index is 563. The third-order valence-electron chi connectivity index (χ3n) is 3.07. The smallest absolute Gasteiger partial charge is 0.222 e. The lowest BCUT2D eigenvalue weighted by atomic mass is 10.1. The van der Waals surface area contributed by atoms with E-state index in [0.29, 0.717) is 19.6 Å². The molecule has 0 unspecified atom stereocenters. The van der Waals surface area contributed by atoms with Crippen LogP contribution in [0.2, 0.25) is 0 Å². The molecule has 102 valence electrons. The molecule has 1 amide bonds. The third kappa shape index (κ3) is 3.32. The Kier molecular flexibility index (Phi) is 4.52. The average molecular weight is 261 g/mol. The number of hydrogen-bond acceptors (Lipinski definition) is 3. The quantitative estimate of drug-likeness (QED) is 0.852. The number of ether oxygens (including phenoxy) is 1. The highest BCUT2D eigenvalue weighted by Gasteiger charge is 2.07. The number of nitrogens with one attached hydrogen (secondary N) is 1. The number of methoxy groups -OCH3 is 1. The highest BCUT2D eigenvalue weighted by Crippen LogP contribution is 2.18. The molecule has 0 aliphatic rings. The van der Waals surface area contributed by atoms with Crippen molar-refractivity contribution < 1.29 is 9.53 Å². The van der Waals surface area contributed by atoms with E-state index in [4.69, 9.17) is 4.74 Å². The monoisotopic (exact) mass is 261 g/mol. The van der Waals surface area contributed by atoms with E-state index < -0.39 is 0 Å². The van der Waals surface area contributed by atoms with Crippen molar-refractivity contribution in [3.05, 3.63) is 30.1 Å². The Morgan fingerprint density at radius 3 is 3.16 bits per heavy atom. The van der Waals surface area contributed by atoms with Crippen molar-refractivity contribution in [3.8, 4) is 0 Å². The van der Waals surface area contributed by atoms with Crippen LogP contribution in [0.5, 0.6) is 0 Å². The minimum Gasteiger partial charge on any atom is -0.384 e. The molecule has 2 aromatic heterocycles. The van der Waals surface area contributed by atoms with Gasteiger partial charge in [-0.15, -0.1) is 0 Å². The van der Waals surface area contributed by atoms with Gasteiger partial charge in [-0.2, -0.15) is 0 Å². The van der Waals surface area contributed by atoms with E-state index in [1.165, 1.54) is 5.56 Å². The van der Waals surface area contributed by atoms with Crippen LogP contribution in [0.4, 0.5) is 0 Å². The SMILES string of the molecule is COCCC(=O)NCCc1cn(C)c2ncccc12. The number of aromatic nitrogens is 2. The maximum absolute atomic E-state index is 11.5. The molecule has 0 atom stereocenters. The van der Waals surface area contributed by atoms with Crippen molar-refractivity contribution in [2.24, 2.45) is 7.05 Å². The predicted octanol–water partition coefficient (Wildman–Crippen LogP) is 1.27. The first kappa shape index (κ1) is 13.5. The van der Waals surface area contributed by atoms with Gasteiger partial charge in [0.25, 0.3) is 0 Å². The highest BCUT2D eigenvalue weighted by molar-refractivity contribution is 5.80. The Labute approximate surface area is 112 Å². The Morgan fingerprint density at radius 2 is 2.37 bits per heavy atom. The van der Waals surface area contributed by atoms with Crippen LogP contribution in [0, 0.1) is 0 Å². The van der Waals surface area contributed by atoms with Crippen LogP contribution in [0.1, 0.15) is 12.0 Å². The number of aryl methyl sites for hydroxylation is 1. The van der Waals surface area contributed by atoms with E-state index in [0.717, 1.165) is 17.5 Å². The second-order valence-corrected chi connectivity index (χ2v) is 4.48. The van der Waals surface area contributed by atoms with Crippen LogP contribution in [0.3, 0.4) is 0 Å². The Balaban J connectivity index is 1.93. The molecule has 0 aliphatic carbocycles. The molecule has 0 saturated heterocycles. The molecule has 0 bridgehead atoms. The molecule has 5 nitrogen and oxygen atoms in total. The summed E-state index contributed by atoms with van der Waals surface area (Å²) in [6.45, 7) is 1.10. The lowest BCUT2D eigenvalue weighted by Crippen LogP contribution is -2.26. The summed E-state index contributed by atoms with van der Waals surface area (Å²) in [5.74, 6) is 0.0280. The first-order chi connectivity index (χ1) is 9.22. The van der Waals surface area contributed by atoms with Crippen LogP contribution in [-0.2, 0) is 23.0 Å². The molecule has 0 radical (unpaired) electrons. The van der Waals surface area contributed by atoms with Gasteiger partial charge in [-0.1, -0.05) is 0 Å². The summed E-state index contributed by atoms with van der Waals surface area (Å²) in [6, 6.07) is 3.99. The number of carbonyl (C=O) groups excluding carboxylic acids is 1. The zero-order valence-electron chi connectivity index (χ0n) is 11.3. The maximum atomic E-state index is 11.5. The van der Waals surface area contributed by atoms with E-state index in [1.54, 1.807) is 13.3 Å². The van der Waals surface area contributed by atoms with Gasteiger partial charge in [0.15, 0.2) is 0 Å². The second kappa shape index (κ2) is 6.33. The first-order valence-corrected chi connectivity index (χ1v) is 6.37. The molecule has 2 aromatic rings. The summed E-state index contributed by atoms with van der Waals surface area (Å²) in [5, 5.41) is 4.04. The Hall–Kier alpha value is -1.88. The Morgan fingerprint density at radius 1 is 1.53 bits per heavy atom. The topological polar surface area (TPSA) is 56.1 Å². The summed E-state index contributed by atoms with van der Waals surface area (Å²) in [5.41, 5.74) is 2.18. The molecule has 5 heteroatoms. The fourth-order valence-electron chi connectivity index (χ4n) is 2.11. The molecule has 1 N–H and O–H groups in total. The molecule has 0 saturated carbocycles. The lowest BCUT2D eigenvalue weighted by molar-refractivity contribution is -0.121. The van der Waals surface area contributed by atoms with Gasteiger partial charge in [0.2, 0.25) is 5.91 Å². The van der Waals surface area contributed by atoms with Gasteiger partial charge in [0.1, 0.15) is 5.65 Å². The summed E-state index contributed by atoms with van der Waals surface area (Å²) >= 11 is 0. The van der Waals surface area contributed by atoms with Crippen LogP contribution in [0.25, 0.3) is 11.0 Å². The number of carbonyl (C=O) groups is 1. The number of rotatable bonds is 6. The van der Waals surface area contributed by atoms with Crippen LogP contribution < -0.4 is 5.32 Å². The molecule has 2 heterocycles. The molecule has 2 rings (SSSR count). The highest BCUT2D eigenvalue weighted by atomic mass is 16.5. The fraction of sp³-hybridized carbons (Fsp3) is 0.429. The second-order valence-electron chi connectivity index (χ2n) is 4.48. The van der Waals surface area contributed by atoms with Gasteiger partial charge in [0, 0.05) is 44.9 Å².